The monoisotopic (exact) mass is 267 g/mol. The van der Waals surface area contributed by atoms with Crippen molar-refractivity contribution in [1.82, 2.24) is 14.7 Å². The summed E-state index contributed by atoms with van der Waals surface area (Å²) in [5.41, 5.74) is 0.568. The second kappa shape index (κ2) is 6.01. The van der Waals surface area contributed by atoms with Crippen molar-refractivity contribution in [1.29, 1.82) is 0 Å². The molecule has 2 heterocycles. The topological polar surface area (TPSA) is 76.2 Å². The number of aromatic nitrogens is 2. The van der Waals surface area contributed by atoms with Gasteiger partial charge in [0.25, 0.3) is 0 Å². The van der Waals surface area contributed by atoms with E-state index < -0.39 is 0 Å². The Morgan fingerprint density at radius 1 is 1.42 bits per heavy atom. The van der Waals surface area contributed by atoms with Crippen molar-refractivity contribution in [2.75, 3.05) is 31.5 Å². The van der Waals surface area contributed by atoms with E-state index in [1.165, 1.54) is 12.8 Å². The molecule has 1 fully saturated rings. The summed E-state index contributed by atoms with van der Waals surface area (Å²) >= 11 is 0. The third-order valence-corrected chi connectivity index (χ3v) is 3.50. The normalized spacial score (nSPS) is 15.9. The highest BCUT2D eigenvalue weighted by Gasteiger charge is 2.24. The first-order valence-electron chi connectivity index (χ1n) is 6.81. The number of likely N-dealkylation sites (tertiary alicyclic amines) is 1. The van der Waals surface area contributed by atoms with Gasteiger partial charge in [0.2, 0.25) is 5.82 Å². The number of anilines is 1. The van der Waals surface area contributed by atoms with Crippen LogP contribution in [-0.4, -0.2) is 45.8 Å². The molecule has 0 aliphatic carbocycles. The van der Waals surface area contributed by atoms with Crippen LogP contribution in [0.25, 0.3) is 0 Å². The Bertz CT molecular complexity index is 451. The molecule has 1 aromatic heterocycles. The fourth-order valence-electron chi connectivity index (χ4n) is 2.53. The van der Waals surface area contributed by atoms with Gasteiger partial charge in [-0.2, -0.15) is 5.10 Å². The van der Waals surface area contributed by atoms with Gasteiger partial charge in [-0.25, -0.2) is 4.68 Å². The molecule has 1 N–H and O–H groups in total. The molecule has 1 aromatic rings. The van der Waals surface area contributed by atoms with Gasteiger partial charge in [0.15, 0.2) is 0 Å². The van der Waals surface area contributed by atoms with Crippen LogP contribution in [-0.2, 0) is 6.54 Å². The summed E-state index contributed by atoms with van der Waals surface area (Å²) in [6, 6.07) is 0. The molecule has 19 heavy (non-hydrogen) atoms. The highest BCUT2D eigenvalue weighted by atomic mass is 16.6. The lowest BCUT2D eigenvalue weighted by atomic mass is 10.4. The van der Waals surface area contributed by atoms with Gasteiger partial charge in [-0.05, 0) is 39.8 Å². The summed E-state index contributed by atoms with van der Waals surface area (Å²) in [4.78, 5) is 13.1. The van der Waals surface area contributed by atoms with Crippen molar-refractivity contribution < 1.29 is 4.92 Å². The summed E-state index contributed by atoms with van der Waals surface area (Å²) in [6.45, 7) is 8.14. The summed E-state index contributed by atoms with van der Waals surface area (Å²) in [5.74, 6) is 0.532. The standard InChI is InChI=1S/C12H21N5O2/c1-3-16-12(11(17(18)19)10(2)14-16)13-6-9-15-7-4-5-8-15/h13H,3-9H2,1-2H3. The highest BCUT2D eigenvalue weighted by Crippen LogP contribution is 2.27. The number of hydrogen-bond donors (Lipinski definition) is 1. The summed E-state index contributed by atoms with van der Waals surface area (Å²) in [7, 11) is 0. The van der Waals surface area contributed by atoms with Crippen LogP contribution in [0.5, 0.6) is 0 Å². The van der Waals surface area contributed by atoms with Crippen molar-refractivity contribution in [2.24, 2.45) is 0 Å². The fourth-order valence-corrected chi connectivity index (χ4v) is 2.53. The predicted octanol–water partition coefficient (Wildman–Crippen LogP) is 1.63. The SMILES string of the molecule is CCn1nc(C)c([N+](=O)[O-])c1NCCN1CCCC1. The van der Waals surface area contributed by atoms with Gasteiger partial charge in [-0.15, -0.1) is 0 Å². The average Bonchev–Trinajstić information content (AvgIpc) is 2.97. The second-order valence-corrected chi connectivity index (χ2v) is 4.83. The summed E-state index contributed by atoms with van der Waals surface area (Å²) < 4.78 is 1.66. The molecule has 7 heteroatoms. The Kier molecular flexibility index (Phi) is 4.36. The van der Waals surface area contributed by atoms with E-state index in [0.29, 0.717) is 24.6 Å². The largest absolute Gasteiger partial charge is 0.363 e. The zero-order valence-corrected chi connectivity index (χ0v) is 11.6. The van der Waals surface area contributed by atoms with Gasteiger partial charge in [-0.3, -0.25) is 10.1 Å². The Balaban J connectivity index is 2.03. The molecule has 0 radical (unpaired) electrons. The van der Waals surface area contributed by atoms with E-state index in [9.17, 15) is 10.1 Å². The maximum absolute atomic E-state index is 11.1. The van der Waals surface area contributed by atoms with Crippen molar-refractivity contribution in [3.05, 3.63) is 15.8 Å². The molecule has 0 atom stereocenters. The Labute approximate surface area is 112 Å². The van der Waals surface area contributed by atoms with Crippen LogP contribution in [0, 0.1) is 17.0 Å². The van der Waals surface area contributed by atoms with E-state index in [-0.39, 0.29) is 10.6 Å². The molecule has 106 valence electrons. The van der Waals surface area contributed by atoms with Crippen LogP contribution in [0.4, 0.5) is 11.5 Å². The molecule has 2 rings (SSSR count). The first-order valence-corrected chi connectivity index (χ1v) is 6.81. The number of nitro groups is 1. The lowest BCUT2D eigenvalue weighted by molar-refractivity contribution is -0.384. The van der Waals surface area contributed by atoms with Gasteiger partial charge >= 0.3 is 5.69 Å². The number of rotatable bonds is 6. The summed E-state index contributed by atoms with van der Waals surface area (Å²) in [5, 5.41) is 18.5. The van der Waals surface area contributed by atoms with Crippen LogP contribution in [0.15, 0.2) is 0 Å². The molecule has 1 aliphatic heterocycles. The number of nitrogens with zero attached hydrogens (tertiary/aromatic N) is 4. The lowest BCUT2D eigenvalue weighted by Crippen LogP contribution is -2.26. The zero-order chi connectivity index (χ0) is 13.8. The van der Waals surface area contributed by atoms with E-state index in [1.54, 1.807) is 11.6 Å². The Morgan fingerprint density at radius 3 is 2.68 bits per heavy atom. The van der Waals surface area contributed by atoms with Gasteiger partial charge in [0, 0.05) is 19.6 Å². The van der Waals surface area contributed by atoms with Crippen LogP contribution >= 0.6 is 0 Å². The van der Waals surface area contributed by atoms with Gasteiger partial charge in [-0.1, -0.05) is 0 Å². The molecule has 0 aromatic carbocycles. The van der Waals surface area contributed by atoms with E-state index >= 15 is 0 Å². The van der Waals surface area contributed by atoms with Crippen molar-refractivity contribution in [2.45, 2.75) is 33.2 Å². The Hall–Kier alpha value is -1.63. The molecule has 0 bridgehead atoms. The average molecular weight is 267 g/mol. The van der Waals surface area contributed by atoms with Gasteiger partial charge in [0.1, 0.15) is 5.69 Å². The Morgan fingerprint density at radius 2 is 2.11 bits per heavy atom. The van der Waals surface area contributed by atoms with Crippen LogP contribution in [0.2, 0.25) is 0 Å². The zero-order valence-electron chi connectivity index (χ0n) is 11.6. The van der Waals surface area contributed by atoms with Crippen molar-refractivity contribution in [3.8, 4) is 0 Å². The quantitative estimate of drug-likeness (QED) is 0.626. The van der Waals surface area contributed by atoms with Gasteiger partial charge < -0.3 is 10.2 Å². The van der Waals surface area contributed by atoms with Gasteiger partial charge in [0.05, 0.1) is 4.92 Å². The van der Waals surface area contributed by atoms with Crippen molar-refractivity contribution >= 4 is 11.5 Å². The minimum atomic E-state index is -0.354. The maximum atomic E-state index is 11.1. The third-order valence-electron chi connectivity index (χ3n) is 3.50. The first kappa shape index (κ1) is 13.8. The lowest BCUT2D eigenvalue weighted by Gasteiger charge is -2.15. The molecular weight excluding hydrogens is 246 g/mol. The number of hydrogen-bond acceptors (Lipinski definition) is 5. The minimum Gasteiger partial charge on any atom is -0.363 e. The minimum absolute atomic E-state index is 0.100. The van der Waals surface area contributed by atoms with Crippen molar-refractivity contribution in [3.63, 3.8) is 0 Å². The predicted molar refractivity (Wildman–Crippen MR) is 73.5 cm³/mol. The molecular formula is C12H21N5O2. The third kappa shape index (κ3) is 3.04. The van der Waals surface area contributed by atoms with Crippen LogP contribution in [0.3, 0.4) is 0 Å². The van der Waals surface area contributed by atoms with Crippen LogP contribution in [0.1, 0.15) is 25.5 Å². The first-order chi connectivity index (χ1) is 9.13. The van der Waals surface area contributed by atoms with E-state index in [2.05, 4.69) is 15.3 Å². The molecule has 0 amide bonds. The van der Waals surface area contributed by atoms with E-state index in [4.69, 9.17) is 0 Å². The molecule has 7 nitrogen and oxygen atoms in total. The maximum Gasteiger partial charge on any atom is 0.333 e. The molecule has 1 saturated heterocycles. The molecule has 0 unspecified atom stereocenters. The molecule has 0 spiro atoms. The second-order valence-electron chi connectivity index (χ2n) is 4.83. The van der Waals surface area contributed by atoms with Crippen LogP contribution < -0.4 is 5.32 Å². The highest BCUT2D eigenvalue weighted by molar-refractivity contribution is 5.59. The molecule has 0 saturated carbocycles. The molecule has 1 aliphatic rings. The fraction of sp³-hybridized carbons (Fsp3) is 0.750. The smallest absolute Gasteiger partial charge is 0.333 e. The van der Waals surface area contributed by atoms with E-state index in [1.807, 2.05) is 6.92 Å². The number of nitrogens with one attached hydrogen (secondary N) is 1. The summed E-state index contributed by atoms with van der Waals surface area (Å²) in [6.07, 6.45) is 2.51. The number of aryl methyl sites for hydroxylation is 2. The van der Waals surface area contributed by atoms with E-state index in [0.717, 1.165) is 19.6 Å².